The molecule has 0 aliphatic heterocycles. The summed E-state index contributed by atoms with van der Waals surface area (Å²) in [6, 6.07) is 14.3. The van der Waals surface area contributed by atoms with Crippen LogP contribution in [0.4, 0.5) is 0 Å². The van der Waals surface area contributed by atoms with Gasteiger partial charge in [-0.15, -0.1) is 0 Å². The molecule has 0 saturated carbocycles. The van der Waals surface area contributed by atoms with Gasteiger partial charge < -0.3 is 30.4 Å². The molecule has 2 aromatic carbocycles. The first-order valence-corrected chi connectivity index (χ1v) is 8.16. The predicted octanol–water partition coefficient (Wildman–Crippen LogP) is 0.928. The van der Waals surface area contributed by atoms with Gasteiger partial charge in [0.05, 0.1) is 22.1 Å². The van der Waals surface area contributed by atoms with Crippen molar-refractivity contribution in [1.82, 2.24) is 19.9 Å². The van der Waals surface area contributed by atoms with E-state index >= 15 is 0 Å². The molecule has 26 heavy (non-hydrogen) atoms. The van der Waals surface area contributed by atoms with Gasteiger partial charge in [0.1, 0.15) is 36.1 Å². The Morgan fingerprint density at radius 3 is 1.38 bits per heavy atom. The highest BCUT2D eigenvalue weighted by Crippen LogP contribution is 2.26. The lowest BCUT2D eigenvalue weighted by atomic mass is 10.0. The molecule has 0 spiro atoms. The molecule has 134 valence electrons. The molecule has 0 amide bonds. The molecule has 4 atom stereocenters. The second-order valence-corrected chi connectivity index (χ2v) is 6.15. The van der Waals surface area contributed by atoms with Gasteiger partial charge >= 0.3 is 0 Å². The molecule has 6 N–H and O–H groups in total. The number of imidazole rings is 2. The van der Waals surface area contributed by atoms with Crippen LogP contribution in [0, 0.1) is 0 Å². The molecule has 0 bridgehead atoms. The SMILES string of the molecule is O[C@@H]([C@H](O)[C@@H](O)c1nc2ccccc2[nH]1)[C@H](O)c1nc2ccccc2[nH]1. The number of para-hydroxylation sites is 4. The number of aliphatic hydroxyl groups excluding tert-OH is 4. The van der Waals surface area contributed by atoms with Crippen molar-refractivity contribution in [1.29, 1.82) is 0 Å². The highest BCUT2D eigenvalue weighted by Gasteiger charge is 2.35. The lowest BCUT2D eigenvalue weighted by Crippen LogP contribution is -2.37. The minimum Gasteiger partial charge on any atom is -0.387 e. The maximum Gasteiger partial charge on any atom is 0.140 e. The van der Waals surface area contributed by atoms with Gasteiger partial charge in [-0.1, -0.05) is 24.3 Å². The van der Waals surface area contributed by atoms with E-state index in [0.29, 0.717) is 22.1 Å². The van der Waals surface area contributed by atoms with E-state index in [-0.39, 0.29) is 11.6 Å². The summed E-state index contributed by atoms with van der Waals surface area (Å²) in [5.41, 5.74) is 2.64. The first-order valence-electron chi connectivity index (χ1n) is 8.16. The van der Waals surface area contributed by atoms with Crippen molar-refractivity contribution in [2.45, 2.75) is 24.4 Å². The fraction of sp³-hybridized carbons (Fsp3) is 0.222. The number of rotatable bonds is 5. The first kappa shape index (κ1) is 16.7. The van der Waals surface area contributed by atoms with Crippen LogP contribution in [0.1, 0.15) is 23.9 Å². The number of aromatic nitrogens is 4. The molecule has 0 aliphatic rings. The number of nitrogens with zero attached hydrogens (tertiary/aromatic N) is 2. The van der Waals surface area contributed by atoms with Crippen LogP contribution in [0.2, 0.25) is 0 Å². The van der Waals surface area contributed by atoms with Gasteiger partial charge in [-0.3, -0.25) is 0 Å². The quantitative estimate of drug-likeness (QED) is 0.315. The maximum atomic E-state index is 10.4. The van der Waals surface area contributed by atoms with Crippen LogP contribution in [-0.2, 0) is 0 Å². The smallest absolute Gasteiger partial charge is 0.140 e. The number of fused-ring (bicyclic) bond motifs is 2. The number of aromatic amines is 2. The number of benzene rings is 2. The molecule has 0 unspecified atom stereocenters. The normalized spacial score (nSPS) is 16.6. The van der Waals surface area contributed by atoms with Crippen molar-refractivity contribution >= 4 is 22.1 Å². The molecule has 4 aromatic rings. The number of aliphatic hydroxyl groups is 4. The molecule has 8 heteroatoms. The molecular formula is C18H18N4O4. The second-order valence-electron chi connectivity index (χ2n) is 6.15. The van der Waals surface area contributed by atoms with E-state index in [0.717, 1.165) is 0 Å². The van der Waals surface area contributed by atoms with E-state index in [2.05, 4.69) is 19.9 Å². The van der Waals surface area contributed by atoms with Crippen LogP contribution in [0.25, 0.3) is 22.1 Å². The van der Waals surface area contributed by atoms with Crippen molar-refractivity contribution < 1.29 is 20.4 Å². The lowest BCUT2D eigenvalue weighted by molar-refractivity contribution is -0.111. The lowest BCUT2D eigenvalue weighted by Gasteiger charge is -2.24. The van der Waals surface area contributed by atoms with Crippen molar-refractivity contribution in [3.63, 3.8) is 0 Å². The number of hydrogen-bond donors (Lipinski definition) is 6. The zero-order valence-electron chi connectivity index (χ0n) is 13.6. The van der Waals surface area contributed by atoms with E-state index < -0.39 is 24.4 Å². The molecule has 4 rings (SSSR count). The fourth-order valence-corrected chi connectivity index (χ4v) is 2.92. The summed E-state index contributed by atoms with van der Waals surface area (Å²) >= 11 is 0. The van der Waals surface area contributed by atoms with Crippen molar-refractivity contribution in [2.24, 2.45) is 0 Å². The van der Waals surface area contributed by atoms with Gasteiger partial charge in [0, 0.05) is 0 Å². The Bertz CT molecular complexity index is 894. The van der Waals surface area contributed by atoms with E-state index in [1.54, 1.807) is 36.4 Å². The molecule has 8 nitrogen and oxygen atoms in total. The summed E-state index contributed by atoms with van der Waals surface area (Å²) in [5, 5.41) is 41.3. The van der Waals surface area contributed by atoms with Crippen LogP contribution >= 0.6 is 0 Å². The average molecular weight is 354 g/mol. The molecule has 0 fully saturated rings. The van der Waals surface area contributed by atoms with Gasteiger partial charge in [-0.25, -0.2) is 9.97 Å². The molecule has 0 radical (unpaired) electrons. The standard InChI is InChI=1S/C18H18N4O4/c23-13(15(25)17-19-9-5-1-2-6-10(9)20-17)14(24)16(26)18-21-11-7-3-4-8-12(11)22-18/h1-8,13-16,23-26H,(H,19,20)(H,21,22)/t13-,14-,15-,16+/m0/s1. The minimum atomic E-state index is -1.67. The van der Waals surface area contributed by atoms with Crippen LogP contribution in [-0.4, -0.2) is 52.6 Å². The fourth-order valence-electron chi connectivity index (χ4n) is 2.92. The van der Waals surface area contributed by atoms with Crippen molar-refractivity contribution in [3.05, 3.63) is 60.2 Å². The topological polar surface area (TPSA) is 138 Å². The minimum absolute atomic E-state index is 0.106. The zero-order chi connectivity index (χ0) is 18.3. The number of hydrogen-bond acceptors (Lipinski definition) is 6. The van der Waals surface area contributed by atoms with Gasteiger partial charge in [0.2, 0.25) is 0 Å². The summed E-state index contributed by atoms with van der Waals surface area (Å²) in [5.74, 6) is 0.212. The Balaban J connectivity index is 1.56. The summed E-state index contributed by atoms with van der Waals surface area (Å²) < 4.78 is 0. The number of nitrogens with one attached hydrogen (secondary N) is 2. The molecule has 2 heterocycles. The zero-order valence-corrected chi connectivity index (χ0v) is 13.6. The third-order valence-electron chi connectivity index (χ3n) is 4.37. The Morgan fingerprint density at radius 1 is 0.615 bits per heavy atom. The molecule has 0 saturated heterocycles. The maximum absolute atomic E-state index is 10.4. The van der Waals surface area contributed by atoms with E-state index in [1.165, 1.54) is 0 Å². The molecule has 2 aromatic heterocycles. The Morgan fingerprint density at radius 2 is 1.00 bits per heavy atom. The monoisotopic (exact) mass is 354 g/mol. The van der Waals surface area contributed by atoms with E-state index in [4.69, 9.17) is 0 Å². The van der Waals surface area contributed by atoms with Gasteiger partial charge in [0.15, 0.2) is 0 Å². The van der Waals surface area contributed by atoms with E-state index in [1.807, 2.05) is 12.1 Å². The van der Waals surface area contributed by atoms with Crippen molar-refractivity contribution in [2.75, 3.05) is 0 Å². The van der Waals surface area contributed by atoms with Crippen LogP contribution < -0.4 is 0 Å². The van der Waals surface area contributed by atoms with Gasteiger partial charge in [-0.2, -0.15) is 0 Å². The first-order chi connectivity index (χ1) is 12.5. The average Bonchev–Trinajstić information content (AvgIpc) is 3.29. The highest BCUT2D eigenvalue weighted by molar-refractivity contribution is 5.75. The van der Waals surface area contributed by atoms with Gasteiger partial charge in [-0.05, 0) is 24.3 Å². The molecular weight excluding hydrogens is 336 g/mol. The van der Waals surface area contributed by atoms with E-state index in [9.17, 15) is 20.4 Å². The summed E-state index contributed by atoms with van der Waals surface area (Å²) in [6.45, 7) is 0. The number of H-pyrrole nitrogens is 2. The molecule has 0 aliphatic carbocycles. The Kier molecular flexibility index (Phi) is 4.17. The second kappa shape index (κ2) is 6.50. The third-order valence-corrected chi connectivity index (χ3v) is 4.37. The van der Waals surface area contributed by atoms with Gasteiger partial charge in [0.25, 0.3) is 0 Å². The third kappa shape index (κ3) is 2.85. The largest absolute Gasteiger partial charge is 0.387 e. The van der Waals surface area contributed by atoms with Crippen LogP contribution in [0.5, 0.6) is 0 Å². The highest BCUT2D eigenvalue weighted by atomic mass is 16.4. The summed E-state index contributed by atoms with van der Waals surface area (Å²) in [6.07, 6.45) is -6.34. The van der Waals surface area contributed by atoms with Crippen LogP contribution in [0.3, 0.4) is 0 Å². The summed E-state index contributed by atoms with van der Waals surface area (Å²) in [7, 11) is 0. The Labute approximate surface area is 147 Å². The van der Waals surface area contributed by atoms with Crippen molar-refractivity contribution in [3.8, 4) is 0 Å². The Hall–Kier alpha value is -2.78. The van der Waals surface area contributed by atoms with Crippen LogP contribution in [0.15, 0.2) is 48.5 Å². The summed E-state index contributed by atoms with van der Waals surface area (Å²) in [4.78, 5) is 14.2. The predicted molar refractivity (Wildman–Crippen MR) is 94.1 cm³/mol.